The minimum absolute atomic E-state index is 0. The molecule has 1 atom stereocenters. The van der Waals surface area contributed by atoms with Gasteiger partial charge in [-0.15, -0.1) is 12.4 Å². The van der Waals surface area contributed by atoms with Gasteiger partial charge in [0.2, 0.25) is 0 Å². The summed E-state index contributed by atoms with van der Waals surface area (Å²) in [7, 11) is 0. The molecule has 3 N–H and O–H groups in total. The van der Waals surface area contributed by atoms with Gasteiger partial charge in [-0.2, -0.15) is 0 Å². The van der Waals surface area contributed by atoms with Crippen LogP contribution in [-0.2, 0) is 4.79 Å². The summed E-state index contributed by atoms with van der Waals surface area (Å²) in [5.74, 6) is -0.963. The first kappa shape index (κ1) is 9.87. The van der Waals surface area contributed by atoms with Crippen molar-refractivity contribution >= 4 is 18.4 Å². The molecule has 44 valence electrons. The molecular weight excluding hydrogens is 117 g/mol. The van der Waals surface area contributed by atoms with E-state index in [2.05, 4.69) is 0 Å². The third kappa shape index (κ3) is 5.72. The fourth-order valence-electron chi connectivity index (χ4n) is 0. The molecule has 0 bridgehead atoms. The Kier molecular flexibility index (Phi) is 5.49. The van der Waals surface area contributed by atoms with E-state index in [9.17, 15) is 4.79 Å². The fourth-order valence-corrected chi connectivity index (χ4v) is 0. The van der Waals surface area contributed by atoms with Crippen molar-refractivity contribution in [2.24, 2.45) is 5.73 Å². The van der Waals surface area contributed by atoms with Gasteiger partial charge >= 0.3 is 5.97 Å². The molecule has 0 aromatic rings. The van der Waals surface area contributed by atoms with Gasteiger partial charge in [-0.25, -0.2) is 0 Å². The van der Waals surface area contributed by atoms with Crippen molar-refractivity contribution in [1.29, 1.82) is 0 Å². The van der Waals surface area contributed by atoms with Crippen LogP contribution in [0.15, 0.2) is 0 Å². The number of hydrogen-bond acceptors (Lipinski definition) is 2. The molecule has 0 aliphatic heterocycles. The highest BCUT2D eigenvalue weighted by Gasteiger charge is 1.99. The fraction of sp³-hybridized carbons (Fsp3) is 0.667. The van der Waals surface area contributed by atoms with E-state index >= 15 is 0 Å². The van der Waals surface area contributed by atoms with Crippen molar-refractivity contribution < 1.29 is 9.90 Å². The largest absolute Gasteiger partial charge is 0.480 e. The van der Waals surface area contributed by atoms with E-state index in [1.165, 1.54) is 6.92 Å². The lowest BCUT2D eigenvalue weighted by Crippen LogP contribution is -2.25. The summed E-state index contributed by atoms with van der Waals surface area (Å²) in [5, 5.41) is 7.87. The first-order valence-electron chi connectivity index (χ1n) is 1.63. The number of carboxylic acids is 1. The number of carbonyl (C=O) groups is 1. The molecule has 0 saturated carbocycles. The Hall–Kier alpha value is -0.280. The smallest absolute Gasteiger partial charge is 0.320 e. The van der Waals surface area contributed by atoms with Crippen LogP contribution in [0, 0.1) is 0 Å². The van der Waals surface area contributed by atoms with Gasteiger partial charge in [-0.1, -0.05) is 0 Å². The number of carboxylic acid groups (broad SMARTS) is 1. The summed E-state index contributed by atoms with van der Waals surface area (Å²) in [6.45, 7) is 1.42. The van der Waals surface area contributed by atoms with E-state index in [1.807, 2.05) is 0 Å². The summed E-state index contributed by atoms with van der Waals surface area (Å²) < 4.78 is 0. The normalized spacial score (nSPS) is 11.7. The molecule has 0 radical (unpaired) electrons. The van der Waals surface area contributed by atoms with Crippen molar-refractivity contribution in [1.82, 2.24) is 0 Å². The number of hydrogen-bond donors (Lipinski definition) is 2. The van der Waals surface area contributed by atoms with Crippen LogP contribution in [-0.4, -0.2) is 17.1 Å². The van der Waals surface area contributed by atoms with Crippen molar-refractivity contribution in [3.05, 3.63) is 0 Å². The Morgan fingerprint density at radius 1 is 1.86 bits per heavy atom. The van der Waals surface area contributed by atoms with Gasteiger partial charge in [0.05, 0.1) is 0 Å². The summed E-state index contributed by atoms with van der Waals surface area (Å²) in [5.41, 5.74) is 4.84. The quantitative estimate of drug-likeness (QED) is 0.512. The van der Waals surface area contributed by atoms with Crippen molar-refractivity contribution in [3.63, 3.8) is 0 Å². The SMILES string of the molecule is C[C@H](N)C(=O)O.Cl. The lowest BCUT2D eigenvalue weighted by molar-refractivity contribution is -0.138. The molecule has 4 heteroatoms. The molecule has 0 aromatic carbocycles. The van der Waals surface area contributed by atoms with Gasteiger partial charge in [0.1, 0.15) is 6.04 Å². The molecule has 7 heavy (non-hydrogen) atoms. The predicted molar refractivity (Wildman–Crippen MR) is 28.5 cm³/mol. The minimum Gasteiger partial charge on any atom is -0.480 e. The average Bonchev–Trinajstić information content (AvgIpc) is 1.36. The van der Waals surface area contributed by atoms with Crippen molar-refractivity contribution in [2.45, 2.75) is 13.0 Å². The van der Waals surface area contributed by atoms with E-state index in [1.54, 1.807) is 0 Å². The topological polar surface area (TPSA) is 63.3 Å². The Bertz CT molecular complexity index is 64.0. The average molecular weight is 126 g/mol. The molecule has 0 aliphatic rings. The highest BCUT2D eigenvalue weighted by molar-refractivity contribution is 5.85. The summed E-state index contributed by atoms with van der Waals surface area (Å²) >= 11 is 0. The Morgan fingerprint density at radius 3 is 2.00 bits per heavy atom. The van der Waals surface area contributed by atoms with E-state index in [0.717, 1.165) is 0 Å². The van der Waals surface area contributed by atoms with Crippen LogP contribution in [0.25, 0.3) is 0 Å². The zero-order chi connectivity index (χ0) is 5.15. The lowest BCUT2D eigenvalue weighted by Gasteiger charge is -1.90. The highest BCUT2D eigenvalue weighted by Crippen LogP contribution is 1.68. The molecule has 0 unspecified atom stereocenters. The van der Waals surface area contributed by atoms with Gasteiger partial charge in [0, 0.05) is 0 Å². The molecular formula is C3H8ClNO2. The molecule has 0 spiro atoms. The van der Waals surface area contributed by atoms with Crippen LogP contribution in [0.2, 0.25) is 0 Å². The monoisotopic (exact) mass is 125 g/mol. The van der Waals surface area contributed by atoms with Gasteiger partial charge in [0.15, 0.2) is 0 Å². The predicted octanol–water partition coefficient (Wildman–Crippen LogP) is -0.160. The minimum atomic E-state index is -0.963. The molecule has 0 aliphatic carbocycles. The molecule has 0 aromatic heterocycles. The Labute approximate surface area is 47.9 Å². The van der Waals surface area contributed by atoms with E-state index in [-0.39, 0.29) is 12.4 Å². The molecule has 0 heterocycles. The highest BCUT2D eigenvalue weighted by atomic mass is 35.5. The second kappa shape index (κ2) is 3.89. The maximum Gasteiger partial charge on any atom is 0.320 e. The third-order valence-corrected chi connectivity index (χ3v) is 0.390. The summed E-state index contributed by atoms with van der Waals surface area (Å²) in [6.07, 6.45) is 0. The van der Waals surface area contributed by atoms with Crippen LogP contribution < -0.4 is 5.73 Å². The van der Waals surface area contributed by atoms with Crippen LogP contribution in [0.1, 0.15) is 6.92 Å². The number of aliphatic carboxylic acids is 1. The molecule has 0 rings (SSSR count). The summed E-state index contributed by atoms with van der Waals surface area (Å²) in [6, 6.07) is -0.731. The van der Waals surface area contributed by atoms with Crippen molar-refractivity contribution in [2.75, 3.05) is 0 Å². The van der Waals surface area contributed by atoms with Gasteiger partial charge < -0.3 is 10.8 Å². The first-order valence-corrected chi connectivity index (χ1v) is 1.63. The van der Waals surface area contributed by atoms with Crippen molar-refractivity contribution in [3.8, 4) is 0 Å². The first-order chi connectivity index (χ1) is 2.64. The van der Waals surface area contributed by atoms with Crippen LogP contribution >= 0.6 is 12.4 Å². The summed E-state index contributed by atoms with van der Waals surface area (Å²) in [4.78, 5) is 9.57. The molecule has 0 amide bonds. The zero-order valence-corrected chi connectivity index (χ0v) is 4.73. The lowest BCUT2D eigenvalue weighted by atomic mass is 10.4. The van der Waals surface area contributed by atoms with E-state index < -0.39 is 12.0 Å². The number of nitrogens with two attached hydrogens (primary N) is 1. The molecule has 0 saturated heterocycles. The number of halogens is 1. The second-order valence-corrected chi connectivity index (χ2v) is 1.13. The van der Waals surface area contributed by atoms with Crippen LogP contribution in [0.3, 0.4) is 0 Å². The van der Waals surface area contributed by atoms with Crippen LogP contribution in [0.5, 0.6) is 0 Å². The van der Waals surface area contributed by atoms with Crippen LogP contribution in [0.4, 0.5) is 0 Å². The molecule has 0 fully saturated rings. The van der Waals surface area contributed by atoms with Gasteiger partial charge in [-0.3, -0.25) is 4.79 Å². The maximum atomic E-state index is 9.57. The maximum absolute atomic E-state index is 9.57. The van der Waals surface area contributed by atoms with Gasteiger partial charge in [-0.05, 0) is 6.92 Å². The Balaban J connectivity index is 0. The zero-order valence-electron chi connectivity index (χ0n) is 3.92. The van der Waals surface area contributed by atoms with Gasteiger partial charge in [0.25, 0.3) is 0 Å². The van der Waals surface area contributed by atoms with E-state index in [0.29, 0.717) is 0 Å². The standard InChI is InChI=1S/C3H7NO2.ClH/c1-2(4)3(5)6;/h2H,4H2,1H3,(H,5,6);1H/t2-;/m0./s1. The number of rotatable bonds is 1. The molecule has 3 nitrogen and oxygen atoms in total. The third-order valence-electron chi connectivity index (χ3n) is 0.390. The second-order valence-electron chi connectivity index (χ2n) is 1.13. The van der Waals surface area contributed by atoms with E-state index in [4.69, 9.17) is 10.8 Å². The Morgan fingerprint density at radius 2 is 2.00 bits per heavy atom.